The highest BCUT2D eigenvalue weighted by atomic mass is 32.2. The quantitative estimate of drug-likeness (QED) is 0.419. The fourth-order valence-electron chi connectivity index (χ4n) is 3.78. The lowest BCUT2D eigenvalue weighted by Gasteiger charge is -2.10. The van der Waals surface area contributed by atoms with Crippen LogP contribution in [0.1, 0.15) is 23.6 Å². The summed E-state index contributed by atoms with van der Waals surface area (Å²) in [5.74, 6) is 0.256. The Hall–Kier alpha value is -3.51. The van der Waals surface area contributed by atoms with Crippen molar-refractivity contribution in [3.63, 3.8) is 0 Å². The third kappa shape index (κ3) is 3.94. The molecule has 1 unspecified atom stereocenters. The molecule has 2 N–H and O–H groups in total. The summed E-state index contributed by atoms with van der Waals surface area (Å²) in [7, 11) is 0. The molecule has 1 aliphatic rings. The van der Waals surface area contributed by atoms with E-state index in [9.17, 15) is 5.11 Å². The van der Waals surface area contributed by atoms with Gasteiger partial charge in [0.15, 0.2) is 0 Å². The highest BCUT2D eigenvalue weighted by Crippen LogP contribution is 2.34. The van der Waals surface area contributed by atoms with Gasteiger partial charge in [-0.1, -0.05) is 30.3 Å². The first kappa shape index (κ1) is 19.5. The lowest BCUT2D eigenvalue weighted by molar-refractivity contribution is 0.475. The number of nitrogens with zero attached hydrogens (tertiary/aromatic N) is 3. The van der Waals surface area contributed by atoms with E-state index in [2.05, 4.69) is 59.4 Å². The Morgan fingerprint density at radius 3 is 2.35 bits per heavy atom. The van der Waals surface area contributed by atoms with Crippen molar-refractivity contribution in [2.75, 3.05) is 6.26 Å². The molecule has 6 heteroatoms. The molecule has 0 radical (unpaired) electrons. The molecule has 0 aliphatic carbocycles. The van der Waals surface area contributed by atoms with E-state index in [0.29, 0.717) is 0 Å². The predicted molar refractivity (Wildman–Crippen MR) is 126 cm³/mol. The van der Waals surface area contributed by atoms with Crippen LogP contribution in [0.3, 0.4) is 0 Å². The van der Waals surface area contributed by atoms with E-state index < -0.39 is 0 Å². The number of phenolic OH excluding ortho intramolecular Hbond substituents is 1. The van der Waals surface area contributed by atoms with Gasteiger partial charge in [-0.25, -0.2) is 4.68 Å². The first-order chi connectivity index (χ1) is 15.2. The minimum Gasteiger partial charge on any atom is -0.508 e. The van der Waals surface area contributed by atoms with Crippen molar-refractivity contribution in [1.82, 2.24) is 15.2 Å². The van der Waals surface area contributed by atoms with Crippen LogP contribution < -0.4 is 5.43 Å². The number of aromatic nitrogens is 2. The van der Waals surface area contributed by atoms with E-state index in [-0.39, 0.29) is 11.8 Å². The fraction of sp³-hybridized carbons (Fsp3) is 0.120. The van der Waals surface area contributed by atoms with E-state index in [1.165, 1.54) is 4.90 Å². The van der Waals surface area contributed by atoms with Crippen LogP contribution in [-0.4, -0.2) is 26.9 Å². The van der Waals surface area contributed by atoms with Gasteiger partial charge in [0.25, 0.3) is 0 Å². The van der Waals surface area contributed by atoms with Gasteiger partial charge in [0.05, 0.1) is 23.1 Å². The SMILES string of the molecule is CSc1ccc(-c2nn(-c3ccccc3)cc2C2CC(c3ccc(O)cc3)=NN2)cc1. The van der Waals surface area contributed by atoms with E-state index in [1.54, 1.807) is 23.9 Å². The summed E-state index contributed by atoms with van der Waals surface area (Å²) >= 11 is 1.73. The number of aromatic hydroxyl groups is 1. The van der Waals surface area contributed by atoms with E-state index in [4.69, 9.17) is 5.10 Å². The summed E-state index contributed by atoms with van der Waals surface area (Å²) < 4.78 is 1.94. The van der Waals surface area contributed by atoms with Crippen LogP contribution in [0, 0.1) is 0 Å². The summed E-state index contributed by atoms with van der Waals surface area (Å²) in [5, 5.41) is 19.1. The maximum Gasteiger partial charge on any atom is 0.115 e. The fourth-order valence-corrected chi connectivity index (χ4v) is 4.19. The molecule has 1 atom stereocenters. The highest BCUT2D eigenvalue weighted by Gasteiger charge is 2.26. The minimum atomic E-state index is 0.0245. The number of para-hydroxylation sites is 1. The topological polar surface area (TPSA) is 62.4 Å². The normalized spacial score (nSPS) is 15.5. The molecule has 3 aromatic carbocycles. The first-order valence-corrected chi connectivity index (χ1v) is 11.3. The predicted octanol–water partition coefficient (Wildman–Crippen LogP) is 5.41. The monoisotopic (exact) mass is 426 g/mol. The largest absolute Gasteiger partial charge is 0.508 e. The van der Waals surface area contributed by atoms with E-state index in [1.807, 2.05) is 35.0 Å². The third-order valence-electron chi connectivity index (χ3n) is 5.46. The molecule has 0 spiro atoms. The zero-order valence-corrected chi connectivity index (χ0v) is 17.9. The Balaban J connectivity index is 1.51. The van der Waals surface area contributed by atoms with Gasteiger partial charge in [-0.15, -0.1) is 11.8 Å². The van der Waals surface area contributed by atoms with E-state index in [0.717, 1.165) is 40.2 Å². The number of benzene rings is 3. The van der Waals surface area contributed by atoms with E-state index >= 15 is 0 Å². The van der Waals surface area contributed by atoms with Gasteiger partial charge in [0.2, 0.25) is 0 Å². The molecule has 31 heavy (non-hydrogen) atoms. The Labute approximate surface area is 185 Å². The van der Waals surface area contributed by atoms with Gasteiger partial charge < -0.3 is 10.5 Å². The van der Waals surface area contributed by atoms with Gasteiger partial charge in [-0.2, -0.15) is 10.2 Å². The number of thioether (sulfide) groups is 1. The van der Waals surface area contributed by atoms with Gasteiger partial charge in [0, 0.05) is 28.6 Å². The second-order valence-electron chi connectivity index (χ2n) is 7.43. The average Bonchev–Trinajstić information content (AvgIpc) is 3.48. The van der Waals surface area contributed by atoms with Gasteiger partial charge in [-0.05, 0) is 60.4 Å². The molecule has 0 amide bonds. The molecule has 0 saturated carbocycles. The molecule has 5 rings (SSSR count). The molecular formula is C25H22N4OS. The number of phenols is 1. The number of hydrazone groups is 1. The number of nitrogens with one attached hydrogen (secondary N) is 1. The standard InChI is InChI=1S/C25H22N4OS/c1-31-21-13-9-18(10-14-21)25-22(16-29(28-25)19-5-3-2-4-6-19)24-15-23(26-27-24)17-7-11-20(30)12-8-17/h2-14,16,24,27,30H,15H2,1H3. The number of rotatable bonds is 5. The van der Waals surface area contributed by atoms with Crippen LogP contribution >= 0.6 is 11.8 Å². The van der Waals surface area contributed by atoms with Crippen LogP contribution in [0.5, 0.6) is 5.75 Å². The lowest BCUT2D eigenvalue weighted by Crippen LogP contribution is -2.10. The van der Waals surface area contributed by atoms with Crippen molar-refractivity contribution in [2.24, 2.45) is 5.10 Å². The summed E-state index contributed by atoms with van der Waals surface area (Å²) in [5.41, 5.74) is 9.45. The van der Waals surface area contributed by atoms with Crippen molar-refractivity contribution in [1.29, 1.82) is 0 Å². The number of hydrogen-bond donors (Lipinski definition) is 2. The smallest absolute Gasteiger partial charge is 0.115 e. The Morgan fingerprint density at radius 2 is 1.65 bits per heavy atom. The third-order valence-corrected chi connectivity index (χ3v) is 6.20. The van der Waals surface area contributed by atoms with Gasteiger partial charge in [0.1, 0.15) is 5.75 Å². The maximum atomic E-state index is 9.57. The van der Waals surface area contributed by atoms with Crippen molar-refractivity contribution >= 4 is 17.5 Å². The van der Waals surface area contributed by atoms with Gasteiger partial charge in [-0.3, -0.25) is 0 Å². The second kappa shape index (κ2) is 8.32. The zero-order chi connectivity index (χ0) is 21.2. The van der Waals surface area contributed by atoms with Crippen LogP contribution in [-0.2, 0) is 0 Å². The average molecular weight is 427 g/mol. The summed E-state index contributed by atoms with van der Waals surface area (Å²) in [6.07, 6.45) is 4.93. The first-order valence-electron chi connectivity index (χ1n) is 10.1. The summed E-state index contributed by atoms with van der Waals surface area (Å²) in [6, 6.07) is 25.9. The van der Waals surface area contributed by atoms with Crippen LogP contribution in [0.2, 0.25) is 0 Å². The minimum absolute atomic E-state index is 0.0245. The molecule has 1 aliphatic heterocycles. The molecule has 154 valence electrons. The lowest BCUT2D eigenvalue weighted by atomic mass is 9.97. The second-order valence-corrected chi connectivity index (χ2v) is 8.31. The Bertz CT molecular complexity index is 1210. The van der Waals surface area contributed by atoms with Gasteiger partial charge >= 0.3 is 0 Å². The van der Waals surface area contributed by atoms with Crippen LogP contribution in [0.25, 0.3) is 16.9 Å². The van der Waals surface area contributed by atoms with Crippen LogP contribution in [0.15, 0.2) is 95.1 Å². The molecule has 4 aromatic rings. The van der Waals surface area contributed by atoms with Crippen molar-refractivity contribution in [3.05, 3.63) is 96.2 Å². The molecular weight excluding hydrogens is 404 g/mol. The molecule has 0 saturated heterocycles. The van der Waals surface area contributed by atoms with Crippen molar-refractivity contribution in [2.45, 2.75) is 17.4 Å². The molecule has 5 nitrogen and oxygen atoms in total. The maximum absolute atomic E-state index is 9.57. The van der Waals surface area contributed by atoms with Crippen molar-refractivity contribution in [3.8, 4) is 22.7 Å². The van der Waals surface area contributed by atoms with Crippen molar-refractivity contribution < 1.29 is 5.11 Å². The van der Waals surface area contributed by atoms with Crippen LogP contribution in [0.4, 0.5) is 0 Å². The molecule has 1 aromatic heterocycles. The number of hydrogen-bond acceptors (Lipinski definition) is 5. The summed E-state index contributed by atoms with van der Waals surface area (Å²) in [4.78, 5) is 1.23. The Morgan fingerprint density at radius 1 is 0.935 bits per heavy atom. The molecule has 0 bridgehead atoms. The Kier molecular flexibility index (Phi) is 5.22. The zero-order valence-electron chi connectivity index (χ0n) is 17.1. The summed E-state index contributed by atoms with van der Waals surface area (Å²) in [6.45, 7) is 0. The highest BCUT2D eigenvalue weighted by molar-refractivity contribution is 7.98. The molecule has 2 heterocycles. The molecule has 0 fully saturated rings.